The Morgan fingerprint density at radius 1 is 1.04 bits per heavy atom. The minimum absolute atomic E-state index is 0.0790. The van der Waals surface area contributed by atoms with Crippen LogP contribution in [0.3, 0.4) is 0 Å². The zero-order valence-electron chi connectivity index (χ0n) is 16.3. The van der Waals surface area contributed by atoms with Gasteiger partial charge in [0.2, 0.25) is 0 Å². The van der Waals surface area contributed by atoms with E-state index in [4.69, 9.17) is 4.74 Å². The van der Waals surface area contributed by atoms with E-state index in [1.165, 1.54) is 29.5 Å². The Morgan fingerprint density at radius 2 is 1.65 bits per heavy atom. The SMILES string of the molecule is CCOc1cc2c(cc1NC(=O)c1ccc(C(C)(C)C)cc1)CCCC2. The van der Waals surface area contributed by atoms with Crippen molar-refractivity contribution in [1.29, 1.82) is 0 Å². The Balaban J connectivity index is 1.84. The lowest BCUT2D eigenvalue weighted by Crippen LogP contribution is -2.16. The predicted octanol–water partition coefficient (Wildman–Crippen LogP) is 5.51. The molecule has 0 atom stereocenters. The number of carbonyl (C=O) groups excluding carboxylic acids is 1. The van der Waals surface area contributed by atoms with Crippen molar-refractivity contribution in [3.8, 4) is 5.75 Å². The van der Waals surface area contributed by atoms with Gasteiger partial charge in [0.25, 0.3) is 5.91 Å². The van der Waals surface area contributed by atoms with Gasteiger partial charge in [-0.05, 0) is 79.0 Å². The molecule has 0 aliphatic heterocycles. The Bertz CT molecular complexity index is 785. The van der Waals surface area contributed by atoms with Crippen molar-refractivity contribution in [3.63, 3.8) is 0 Å². The molecule has 0 saturated carbocycles. The monoisotopic (exact) mass is 351 g/mol. The van der Waals surface area contributed by atoms with Gasteiger partial charge in [-0.15, -0.1) is 0 Å². The largest absolute Gasteiger partial charge is 0.492 e. The fourth-order valence-electron chi connectivity index (χ4n) is 3.45. The topological polar surface area (TPSA) is 38.3 Å². The van der Waals surface area contributed by atoms with Crippen molar-refractivity contribution in [2.75, 3.05) is 11.9 Å². The molecule has 0 fully saturated rings. The molecule has 0 saturated heterocycles. The van der Waals surface area contributed by atoms with Crippen LogP contribution in [-0.4, -0.2) is 12.5 Å². The molecule has 0 radical (unpaired) electrons. The average molecular weight is 351 g/mol. The van der Waals surface area contributed by atoms with Crippen molar-refractivity contribution in [3.05, 3.63) is 58.7 Å². The molecule has 2 aromatic carbocycles. The fraction of sp³-hybridized carbons (Fsp3) is 0.435. The number of amides is 1. The number of benzene rings is 2. The first-order valence-electron chi connectivity index (χ1n) is 9.59. The van der Waals surface area contributed by atoms with Crippen LogP contribution >= 0.6 is 0 Å². The van der Waals surface area contributed by atoms with Crippen molar-refractivity contribution in [2.45, 2.75) is 58.8 Å². The number of fused-ring (bicyclic) bond motifs is 1. The lowest BCUT2D eigenvalue weighted by Gasteiger charge is -2.21. The van der Waals surface area contributed by atoms with E-state index in [-0.39, 0.29) is 11.3 Å². The summed E-state index contributed by atoms with van der Waals surface area (Å²) in [6.07, 6.45) is 4.61. The molecule has 0 aromatic heterocycles. The van der Waals surface area contributed by atoms with Gasteiger partial charge in [0.15, 0.2) is 0 Å². The molecule has 1 amide bonds. The molecule has 3 nitrogen and oxygen atoms in total. The van der Waals surface area contributed by atoms with E-state index in [0.29, 0.717) is 12.2 Å². The number of ether oxygens (including phenoxy) is 1. The van der Waals surface area contributed by atoms with Gasteiger partial charge in [-0.2, -0.15) is 0 Å². The molecule has 2 aromatic rings. The van der Waals surface area contributed by atoms with Crippen LogP contribution in [0.2, 0.25) is 0 Å². The van der Waals surface area contributed by atoms with Crippen LogP contribution in [0.5, 0.6) is 5.75 Å². The summed E-state index contributed by atoms with van der Waals surface area (Å²) in [6.45, 7) is 9.06. The highest BCUT2D eigenvalue weighted by molar-refractivity contribution is 6.05. The second-order valence-corrected chi connectivity index (χ2v) is 8.04. The van der Waals surface area contributed by atoms with E-state index in [2.05, 4.69) is 38.2 Å². The maximum atomic E-state index is 12.7. The van der Waals surface area contributed by atoms with E-state index >= 15 is 0 Å². The second-order valence-electron chi connectivity index (χ2n) is 8.04. The normalized spacial score (nSPS) is 13.8. The molecular formula is C23H29NO2. The van der Waals surface area contributed by atoms with Gasteiger partial charge in [-0.3, -0.25) is 4.79 Å². The van der Waals surface area contributed by atoms with Gasteiger partial charge in [0, 0.05) is 5.56 Å². The first kappa shape index (κ1) is 18.5. The first-order chi connectivity index (χ1) is 12.4. The highest BCUT2D eigenvalue weighted by Crippen LogP contribution is 2.33. The number of aryl methyl sites for hydroxylation is 2. The highest BCUT2D eigenvalue weighted by Gasteiger charge is 2.18. The van der Waals surface area contributed by atoms with Crippen LogP contribution in [0.4, 0.5) is 5.69 Å². The number of carbonyl (C=O) groups is 1. The Labute approximate surface area is 156 Å². The Kier molecular flexibility index (Phi) is 5.36. The standard InChI is InChI=1S/C23H29NO2/c1-5-26-21-15-18-9-7-6-8-17(18)14-20(21)24-22(25)16-10-12-19(13-11-16)23(2,3)4/h10-15H,5-9H2,1-4H3,(H,24,25). The van der Waals surface area contributed by atoms with Gasteiger partial charge in [0.1, 0.15) is 5.75 Å². The molecule has 3 heteroatoms. The molecule has 138 valence electrons. The smallest absolute Gasteiger partial charge is 0.255 e. The minimum Gasteiger partial charge on any atom is -0.492 e. The third-order valence-corrected chi connectivity index (χ3v) is 5.01. The molecule has 0 spiro atoms. The Morgan fingerprint density at radius 3 is 2.23 bits per heavy atom. The van der Waals surface area contributed by atoms with Gasteiger partial charge in [-0.1, -0.05) is 32.9 Å². The molecule has 26 heavy (non-hydrogen) atoms. The lowest BCUT2D eigenvalue weighted by atomic mass is 9.86. The number of anilines is 1. The fourth-order valence-corrected chi connectivity index (χ4v) is 3.45. The molecular weight excluding hydrogens is 322 g/mol. The summed E-state index contributed by atoms with van der Waals surface area (Å²) in [5.41, 5.74) is 5.43. The van der Waals surface area contributed by atoms with Crippen molar-refractivity contribution >= 4 is 11.6 Å². The second kappa shape index (κ2) is 7.53. The van der Waals surface area contributed by atoms with E-state index in [9.17, 15) is 4.79 Å². The maximum absolute atomic E-state index is 12.7. The minimum atomic E-state index is -0.0952. The van der Waals surface area contributed by atoms with Gasteiger partial charge < -0.3 is 10.1 Å². The third kappa shape index (κ3) is 4.09. The summed E-state index contributed by atoms with van der Waals surface area (Å²) in [6, 6.07) is 12.1. The van der Waals surface area contributed by atoms with Gasteiger partial charge in [0.05, 0.1) is 12.3 Å². The summed E-state index contributed by atoms with van der Waals surface area (Å²) < 4.78 is 5.79. The molecule has 1 N–H and O–H groups in total. The highest BCUT2D eigenvalue weighted by atomic mass is 16.5. The number of hydrogen-bond donors (Lipinski definition) is 1. The van der Waals surface area contributed by atoms with Crippen molar-refractivity contribution < 1.29 is 9.53 Å². The Hall–Kier alpha value is -2.29. The summed E-state index contributed by atoms with van der Waals surface area (Å²) in [5, 5.41) is 3.06. The van der Waals surface area contributed by atoms with Crippen LogP contribution in [-0.2, 0) is 18.3 Å². The zero-order chi connectivity index (χ0) is 18.7. The van der Waals surface area contributed by atoms with Crippen LogP contribution < -0.4 is 10.1 Å². The number of rotatable bonds is 4. The third-order valence-electron chi connectivity index (χ3n) is 5.01. The predicted molar refractivity (Wildman–Crippen MR) is 107 cm³/mol. The lowest BCUT2D eigenvalue weighted by molar-refractivity contribution is 0.102. The van der Waals surface area contributed by atoms with Crippen LogP contribution in [0, 0.1) is 0 Å². The average Bonchev–Trinajstić information content (AvgIpc) is 2.61. The first-order valence-corrected chi connectivity index (χ1v) is 9.59. The summed E-state index contributed by atoms with van der Waals surface area (Å²) in [4.78, 5) is 12.7. The van der Waals surface area contributed by atoms with Crippen molar-refractivity contribution in [1.82, 2.24) is 0 Å². The zero-order valence-corrected chi connectivity index (χ0v) is 16.3. The molecule has 1 aliphatic rings. The van der Waals surface area contributed by atoms with E-state index < -0.39 is 0 Å². The van der Waals surface area contributed by atoms with Crippen LogP contribution in [0.15, 0.2) is 36.4 Å². The summed E-state index contributed by atoms with van der Waals surface area (Å²) in [7, 11) is 0. The summed E-state index contributed by atoms with van der Waals surface area (Å²) >= 11 is 0. The molecule has 0 unspecified atom stereocenters. The van der Waals surface area contributed by atoms with Gasteiger partial charge >= 0.3 is 0 Å². The van der Waals surface area contributed by atoms with E-state index in [0.717, 1.165) is 24.3 Å². The van der Waals surface area contributed by atoms with Gasteiger partial charge in [-0.25, -0.2) is 0 Å². The van der Waals surface area contributed by atoms with Crippen LogP contribution in [0.1, 0.15) is 67.6 Å². The molecule has 1 aliphatic carbocycles. The summed E-state index contributed by atoms with van der Waals surface area (Å²) in [5.74, 6) is 0.676. The quantitative estimate of drug-likeness (QED) is 0.788. The molecule has 3 rings (SSSR count). The van der Waals surface area contributed by atoms with Crippen molar-refractivity contribution in [2.24, 2.45) is 0 Å². The van der Waals surface area contributed by atoms with Crippen LogP contribution in [0.25, 0.3) is 0 Å². The number of nitrogens with one attached hydrogen (secondary N) is 1. The molecule has 0 heterocycles. The van der Waals surface area contributed by atoms with E-state index in [1.807, 2.05) is 31.2 Å². The number of hydrogen-bond acceptors (Lipinski definition) is 2. The van der Waals surface area contributed by atoms with E-state index in [1.54, 1.807) is 0 Å². The maximum Gasteiger partial charge on any atom is 0.255 e. The molecule has 0 bridgehead atoms.